The molecule has 0 bridgehead atoms. The first-order valence-electron chi connectivity index (χ1n) is 7.97. The summed E-state index contributed by atoms with van der Waals surface area (Å²) in [6.07, 6.45) is -0.513. The molecule has 24 heavy (non-hydrogen) atoms. The Bertz CT molecular complexity index is 681. The number of carbonyl (C=O) groups is 1. The summed E-state index contributed by atoms with van der Waals surface area (Å²) >= 11 is 0. The molecule has 0 spiro atoms. The van der Waals surface area contributed by atoms with E-state index in [1.807, 2.05) is 26.0 Å². The van der Waals surface area contributed by atoms with E-state index in [1.54, 1.807) is 24.0 Å². The number of amides is 1. The van der Waals surface area contributed by atoms with E-state index in [0.717, 1.165) is 5.56 Å². The molecule has 0 aliphatic carbocycles. The third kappa shape index (κ3) is 3.70. The van der Waals surface area contributed by atoms with Crippen LogP contribution in [0.4, 0.5) is 0 Å². The summed E-state index contributed by atoms with van der Waals surface area (Å²) < 4.78 is 11.5. The average molecular weight is 331 g/mol. The summed E-state index contributed by atoms with van der Waals surface area (Å²) in [6, 6.07) is 7.28. The molecule has 0 saturated carbocycles. The maximum absolute atomic E-state index is 12.6. The van der Waals surface area contributed by atoms with Crippen LogP contribution < -0.4 is 4.74 Å². The van der Waals surface area contributed by atoms with Crippen LogP contribution in [0, 0.1) is 0 Å². The highest BCUT2D eigenvalue weighted by Crippen LogP contribution is 2.22. The molecule has 1 fully saturated rings. The van der Waals surface area contributed by atoms with Crippen LogP contribution in [-0.2, 0) is 9.53 Å². The number of benzene rings is 1. The van der Waals surface area contributed by atoms with Crippen molar-refractivity contribution >= 4 is 5.91 Å². The number of ether oxygens (including phenoxy) is 2. The minimum absolute atomic E-state index is 0.0338. The number of H-pyrrole nitrogens is 1. The summed E-state index contributed by atoms with van der Waals surface area (Å²) in [4.78, 5) is 14.4. The molecule has 3 atom stereocenters. The molecule has 8 heteroatoms. The number of hydrogen-bond acceptors (Lipinski definition) is 6. The third-order valence-electron chi connectivity index (χ3n) is 3.83. The van der Waals surface area contributed by atoms with Gasteiger partial charge in [-0.1, -0.05) is 12.1 Å². The molecule has 0 radical (unpaired) electrons. The van der Waals surface area contributed by atoms with Crippen molar-refractivity contribution in [1.29, 1.82) is 0 Å². The number of nitrogens with zero attached hydrogens (tertiary/aromatic N) is 4. The molecule has 3 rings (SSSR count). The van der Waals surface area contributed by atoms with Gasteiger partial charge in [0, 0.05) is 18.7 Å². The van der Waals surface area contributed by atoms with Crippen molar-refractivity contribution in [2.24, 2.45) is 0 Å². The van der Waals surface area contributed by atoms with Gasteiger partial charge in [0.05, 0.1) is 12.2 Å². The van der Waals surface area contributed by atoms with E-state index in [0.29, 0.717) is 24.7 Å². The molecule has 1 unspecified atom stereocenters. The molecule has 128 valence electrons. The molecule has 8 nitrogen and oxygen atoms in total. The van der Waals surface area contributed by atoms with Gasteiger partial charge in [0.1, 0.15) is 5.75 Å². The first kappa shape index (κ1) is 16.4. The van der Waals surface area contributed by atoms with Crippen LogP contribution in [0.5, 0.6) is 5.75 Å². The second-order valence-electron chi connectivity index (χ2n) is 6.02. The molecular formula is C16H21N5O3. The fraction of sp³-hybridized carbons (Fsp3) is 0.500. The Balaban J connectivity index is 1.67. The highest BCUT2D eigenvalue weighted by molar-refractivity contribution is 5.81. The Kier molecular flexibility index (Phi) is 4.75. The lowest BCUT2D eigenvalue weighted by atomic mass is 10.2. The number of nitrogens with one attached hydrogen (secondary N) is 1. The zero-order valence-electron chi connectivity index (χ0n) is 14.0. The predicted molar refractivity (Wildman–Crippen MR) is 86.3 cm³/mol. The first-order valence-corrected chi connectivity index (χ1v) is 7.97. The van der Waals surface area contributed by atoms with E-state index < -0.39 is 6.10 Å². The molecule has 1 aromatic heterocycles. The van der Waals surface area contributed by atoms with Gasteiger partial charge in [-0.2, -0.15) is 5.21 Å². The van der Waals surface area contributed by atoms with Gasteiger partial charge in [-0.3, -0.25) is 4.79 Å². The normalized spacial score (nSPS) is 22.2. The third-order valence-corrected chi connectivity index (χ3v) is 3.83. The Morgan fingerprint density at radius 2 is 2.12 bits per heavy atom. The minimum Gasteiger partial charge on any atom is -0.481 e. The van der Waals surface area contributed by atoms with Crippen LogP contribution >= 0.6 is 0 Å². The summed E-state index contributed by atoms with van der Waals surface area (Å²) in [5, 5.41) is 13.8. The van der Waals surface area contributed by atoms with Crippen LogP contribution in [0.3, 0.4) is 0 Å². The smallest absolute Gasteiger partial charge is 0.263 e. The van der Waals surface area contributed by atoms with Crippen molar-refractivity contribution < 1.29 is 14.3 Å². The van der Waals surface area contributed by atoms with Crippen LogP contribution in [0.2, 0.25) is 0 Å². The monoisotopic (exact) mass is 331 g/mol. The van der Waals surface area contributed by atoms with E-state index in [1.165, 1.54) is 0 Å². The number of carbonyl (C=O) groups excluding carboxylic acids is 1. The summed E-state index contributed by atoms with van der Waals surface area (Å²) in [7, 11) is 0. The molecule has 2 heterocycles. The van der Waals surface area contributed by atoms with Crippen molar-refractivity contribution in [1.82, 2.24) is 25.5 Å². The molecule has 1 amide bonds. The Labute approximate surface area is 140 Å². The molecule has 1 aliphatic heterocycles. The van der Waals surface area contributed by atoms with Crippen molar-refractivity contribution in [3.8, 4) is 17.1 Å². The lowest BCUT2D eigenvalue weighted by molar-refractivity contribution is -0.149. The fourth-order valence-electron chi connectivity index (χ4n) is 2.86. The first-order chi connectivity index (χ1) is 11.5. The maximum Gasteiger partial charge on any atom is 0.263 e. The van der Waals surface area contributed by atoms with Gasteiger partial charge in [0.2, 0.25) is 5.82 Å². The topological polar surface area (TPSA) is 93.2 Å². The van der Waals surface area contributed by atoms with E-state index in [-0.39, 0.29) is 18.1 Å². The van der Waals surface area contributed by atoms with Crippen molar-refractivity contribution in [2.75, 3.05) is 13.1 Å². The van der Waals surface area contributed by atoms with Crippen molar-refractivity contribution in [3.63, 3.8) is 0 Å². The van der Waals surface area contributed by atoms with E-state index >= 15 is 0 Å². The van der Waals surface area contributed by atoms with Gasteiger partial charge >= 0.3 is 0 Å². The molecule has 1 aliphatic rings. The Morgan fingerprint density at radius 1 is 1.38 bits per heavy atom. The summed E-state index contributed by atoms with van der Waals surface area (Å²) in [6.45, 7) is 6.86. The second-order valence-corrected chi connectivity index (χ2v) is 6.02. The zero-order chi connectivity index (χ0) is 17.1. The van der Waals surface area contributed by atoms with Crippen molar-refractivity contribution in [2.45, 2.75) is 39.1 Å². The Hall–Kier alpha value is -2.48. The number of aromatic amines is 1. The largest absolute Gasteiger partial charge is 0.481 e. The molecule has 2 aromatic rings. The number of hydrogen-bond donors (Lipinski definition) is 1. The Morgan fingerprint density at radius 3 is 2.79 bits per heavy atom. The minimum atomic E-state index is -0.581. The zero-order valence-corrected chi connectivity index (χ0v) is 14.0. The quantitative estimate of drug-likeness (QED) is 0.907. The lowest BCUT2D eigenvalue weighted by Gasteiger charge is -2.36. The van der Waals surface area contributed by atoms with Gasteiger partial charge in [0.15, 0.2) is 6.10 Å². The molecule has 1 saturated heterocycles. The van der Waals surface area contributed by atoms with Crippen molar-refractivity contribution in [3.05, 3.63) is 24.3 Å². The standard InChI is InChI=1S/C16H21N5O3/c1-10-8-21(9-11(2)23-10)16(22)12(3)24-14-6-4-5-13(7-14)15-17-19-20-18-15/h4-7,10-12H,8-9H2,1-3H3,(H,17,18,19,20)/t10-,11-,12?/m1/s1. The summed E-state index contributed by atoms with van der Waals surface area (Å²) in [5.74, 6) is 1.03. The van der Waals surface area contributed by atoms with Gasteiger partial charge < -0.3 is 14.4 Å². The fourth-order valence-corrected chi connectivity index (χ4v) is 2.86. The van der Waals surface area contributed by atoms with E-state index in [9.17, 15) is 4.79 Å². The average Bonchev–Trinajstić information content (AvgIpc) is 3.08. The summed E-state index contributed by atoms with van der Waals surface area (Å²) in [5.41, 5.74) is 0.773. The van der Waals surface area contributed by atoms with Crippen LogP contribution in [0.25, 0.3) is 11.4 Å². The highest BCUT2D eigenvalue weighted by Gasteiger charge is 2.29. The predicted octanol–water partition coefficient (Wildman–Crippen LogP) is 1.27. The van der Waals surface area contributed by atoms with Gasteiger partial charge in [-0.15, -0.1) is 10.2 Å². The van der Waals surface area contributed by atoms with Crippen LogP contribution in [0.15, 0.2) is 24.3 Å². The van der Waals surface area contributed by atoms with Crippen LogP contribution in [-0.4, -0.2) is 62.8 Å². The van der Waals surface area contributed by atoms with Gasteiger partial charge in [0.25, 0.3) is 5.91 Å². The highest BCUT2D eigenvalue weighted by atomic mass is 16.5. The van der Waals surface area contributed by atoms with E-state index in [2.05, 4.69) is 20.6 Å². The molecule has 1 aromatic carbocycles. The van der Waals surface area contributed by atoms with Gasteiger partial charge in [-0.25, -0.2) is 0 Å². The van der Waals surface area contributed by atoms with E-state index in [4.69, 9.17) is 9.47 Å². The van der Waals surface area contributed by atoms with Crippen LogP contribution in [0.1, 0.15) is 20.8 Å². The molecule has 1 N–H and O–H groups in total. The number of aromatic nitrogens is 4. The number of tetrazole rings is 1. The second kappa shape index (κ2) is 6.96. The van der Waals surface area contributed by atoms with Gasteiger partial charge in [-0.05, 0) is 38.1 Å². The number of rotatable bonds is 4. The number of morpholine rings is 1. The molecular weight excluding hydrogens is 310 g/mol. The SMILES string of the molecule is CC(Oc1cccc(-c2nn[nH]n2)c1)C(=O)N1C[C@@H](C)O[C@H](C)C1. The lowest BCUT2D eigenvalue weighted by Crippen LogP contribution is -2.51. The maximum atomic E-state index is 12.6.